The second kappa shape index (κ2) is 8.98. The Hall–Kier alpha value is -1.15. The van der Waals surface area contributed by atoms with Crippen LogP contribution in [0, 0.1) is 11.7 Å². The molecule has 1 aliphatic carbocycles. The van der Waals surface area contributed by atoms with Crippen LogP contribution in [0.25, 0.3) is 11.1 Å². The lowest BCUT2D eigenvalue weighted by molar-refractivity contribution is 0.303. The van der Waals surface area contributed by atoms with Crippen molar-refractivity contribution in [2.45, 2.75) is 64.2 Å². The summed E-state index contributed by atoms with van der Waals surface area (Å²) in [4.78, 5) is 0. The third-order valence-corrected chi connectivity index (χ3v) is 6.18. The molecule has 0 amide bonds. The van der Waals surface area contributed by atoms with Crippen LogP contribution in [0.1, 0.15) is 69.8 Å². The van der Waals surface area contributed by atoms with Crippen molar-refractivity contribution in [2.24, 2.45) is 5.92 Å². The monoisotopic (exact) mass is 402 g/mol. The first-order valence-corrected chi connectivity index (χ1v) is 10.5. The van der Waals surface area contributed by atoms with Gasteiger partial charge >= 0.3 is 0 Å². The molecule has 0 aliphatic heterocycles. The highest BCUT2D eigenvalue weighted by Gasteiger charge is 2.22. The highest BCUT2D eigenvalue weighted by atomic mass is 79.9. The molecule has 2 aromatic rings. The summed E-state index contributed by atoms with van der Waals surface area (Å²) < 4.78 is 14.9. The van der Waals surface area contributed by atoms with Gasteiger partial charge in [0.25, 0.3) is 0 Å². The molecule has 0 radical (unpaired) electrons. The fraction of sp³-hybridized carbons (Fsp3) is 0.478. The van der Waals surface area contributed by atoms with Crippen LogP contribution in [0.5, 0.6) is 0 Å². The summed E-state index contributed by atoms with van der Waals surface area (Å²) in [5, 5.41) is 0. The molecule has 134 valence electrons. The van der Waals surface area contributed by atoms with Gasteiger partial charge in [-0.2, -0.15) is 0 Å². The van der Waals surface area contributed by atoms with Gasteiger partial charge in [0.2, 0.25) is 0 Å². The van der Waals surface area contributed by atoms with Gasteiger partial charge in [0, 0.05) is 10.0 Å². The van der Waals surface area contributed by atoms with Gasteiger partial charge in [-0.25, -0.2) is 4.39 Å². The summed E-state index contributed by atoms with van der Waals surface area (Å²) in [5.74, 6) is 1.46. The molecule has 0 nitrogen and oxygen atoms in total. The largest absolute Gasteiger partial charge is 0.206 e. The number of hydrogen-bond acceptors (Lipinski definition) is 0. The second-order valence-corrected chi connectivity index (χ2v) is 8.38. The summed E-state index contributed by atoms with van der Waals surface area (Å²) in [7, 11) is 0. The Labute approximate surface area is 160 Å². The molecule has 0 unspecified atom stereocenters. The van der Waals surface area contributed by atoms with E-state index in [4.69, 9.17) is 0 Å². The molecule has 0 N–H and O–H groups in total. The minimum atomic E-state index is -0.172. The quantitative estimate of drug-likeness (QED) is 0.427. The van der Waals surface area contributed by atoms with Crippen molar-refractivity contribution in [3.05, 3.63) is 58.3 Å². The molecule has 25 heavy (non-hydrogen) atoms. The number of unbranched alkanes of at least 4 members (excludes halogenated alkanes) is 2. The Bertz CT molecular complexity index is 669. The summed E-state index contributed by atoms with van der Waals surface area (Å²) in [6.45, 7) is 2.28. The third-order valence-electron chi connectivity index (χ3n) is 5.69. The first-order valence-electron chi connectivity index (χ1n) is 9.72. The molecule has 1 aliphatic rings. The Kier molecular flexibility index (Phi) is 6.70. The van der Waals surface area contributed by atoms with Crippen LogP contribution in [0.3, 0.4) is 0 Å². The summed E-state index contributed by atoms with van der Waals surface area (Å²) in [5.41, 5.74) is 3.06. The maximum absolute atomic E-state index is 14.1. The number of halogens is 2. The molecule has 1 fully saturated rings. The van der Waals surface area contributed by atoms with Gasteiger partial charge in [-0.15, -0.1) is 0 Å². The van der Waals surface area contributed by atoms with Gasteiger partial charge in [-0.3, -0.25) is 0 Å². The van der Waals surface area contributed by atoms with Crippen LogP contribution in [0.15, 0.2) is 46.9 Å². The smallest absolute Gasteiger partial charge is 0.132 e. The minimum Gasteiger partial charge on any atom is -0.206 e. The molecule has 0 heterocycles. The second-order valence-electron chi connectivity index (χ2n) is 7.46. The molecular formula is C23H28BrF. The van der Waals surface area contributed by atoms with Crippen LogP contribution in [0.2, 0.25) is 0 Å². The first-order chi connectivity index (χ1) is 12.2. The average Bonchev–Trinajstić information content (AvgIpc) is 2.63. The molecule has 0 bridgehead atoms. The lowest BCUT2D eigenvalue weighted by atomic mass is 9.77. The van der Waals surface area contributed by atoms with Crippen molar-refractivity contribution >= 4 is 15.9 Å². The fourth-order valence-corrected chi connectivity index (χ4v) is 4.46. The average molecular weight is 403 g/mol. The van der Waals surface area contributed by atoms with E-state index in [-0.39, 0.29) is 5.82 Å². The lowest BCUT2D eigenvalue weighted by Crippen LogP contribution is -2.13. The van der Waals surface area contributed by atoms with Crippen LogP contribution in [-0.4, -0.2) is 0 Å². The van der Waals surface area contributed by atoms with Gasteiger partial charge in [-0.05, 0) is 60.8 Å². The van der Waals surface area contributed by atoms with E-state index in [0.29, 0.717) is 11.5 Å². The summed E-state index contributed by atoms with van der Waals surface area (Å²) >= 11 is 3.32. The Balaban J connectivity index is 1.60. The van der Waals surface area contributed by atoms with Crippen molar-refractivity contribution in [3.63, 3.8) is 0 Å². The maximum atomic E-state index is 14.1. The van der Waals surface area contributed by atoms with E-state index in [9.17, 15) is 4.39 Å². The zero-order valence-corrected chi connectivity index (χ0v) is 16.7. The van der Waals surface area contributed by atoms with E-state index in [1.807, 2.05) is 12.1 Å². The van der Waals surface area contributed by atoms with Gasteiger partial charge in [0.1, 0.15) is 5.82 Å². The topological polar surface area (TPSA) is 0 Å². The predicted octanol–water partition coefficient (Wildman–Crippen LogP) is 8.11. The van der Waals surface area contributed by atoms with Gasteiger partial charge in [0.05, 0.1) is 0 Å². The van der Waals surface area contributed by atoms with Crippen molar-refractivity contribution < 1.29 is 4.39 Å². The molecule has 3 rings (SSSR count). The normalized spacial score (nSPS) is 20.6. The number of hydrogen-bond donors (Lipinski definition) is 0. The molecule has 2 heteroatoms. The molecule has 0 saturated heterocycles. The Morgan fingerprint density at radius 1 is 0.960 bits per heavy atom. The van der Waals surface area contributed by atoms with Gasteiger partial charge in [-0.1, -0.05) is 78.9 Å². The van der Waals surface area contributed by atoms with E-state index < -0.39 is 0 Å². The third kappa shape index (κ3) is 4.94. The zero-order valence-electron chi connectivity index (χ0n) is 15.1. The summed E-state index contributed by atoms with van der Waals surface area (Å²) in [6.07, 6.45) is 10.9. The maximum Gasteiger partial charge on any atom is 0.132 e. The van der Waals surface area contributed by atoms with Crippen molar-refractivity contribution in [1.29, 1.82) is 0 Å². The predicted molar refractivity (Wildman–Crippen MR) is 108 cm³/mol. The van der Waals surface area contributed by atoms with E-state index in [0.717, 1.165) is 16.0 Å². The van der Waals surface area contributed by atoms with Crippen LogP contribution in [0.4, 0.5) is 4.39 Å². The van der Waals surface area contributed by atoms with Crippen molar-refractivity contribution in [2.75, 3.05) is 0 Å². The van der Waals surface area contributed by atoms with E-state index in [2.05, 4.69) is 47.1 Å². The highest BCUT2D eigenvalue weighted by Crippen LogP contribution is 2.38. The highest BCUT2D eigenvalue weighted by molar-refractivity contribution is 9.10. The van der Waals surface area contributed by atoms with E-state index in [1.54, 1.807) is 0 Å². The molecular weight excluding hydrogens is 375 g/mol. The number of rotatable bonds is 6. The summed E-state index contributed by atoms with van der Waals surface area (Å²) in [6, 6.07) is 13.8. The molecule has 0 spiro atoms. The van der Waals surface area contributed by atoms with Gasteiger partial charge < -0.3 is 0 Å². The van der Waals surface area contributed by atoms with Crippen LogP contribution in [-0.2, 0) is 0 Å². The van der Waals surface area contributed by atoms with E-state index in [1.165, 1.54) is 63.0 Å². The number of benzene rings is 2. The molecule has 0 atom stereocenters. The Morgan fingerprint density at radius 3 is 2.32 bits per heavy atom. The standard InChI is InChI=1S/C23H28BrF/c1-2-3-4-5-17-6-8-18(9-7-17)19-10-12-20(13-11-19)22-15-14-21(24)16-23(22)25/h10-18H,2-9H2,1H3. The van der Waals surface area contributed by atoms with Crippen molar-refractivity contribution in [3.8, 4) is 11.1 Å². The Morgan fingerprint density at radius 2 is 1.68 bits per heavy atom. The van der Waals surface area contributed by atoms with E-state index >= 15 is 0 Å². The molecule has 2 aromatic carbocycles. The molecule has 1 saturated carbocycles. The van der Waals surface area contributed by atoms with Crippen LogP contribution < -0.4 is 0 Å². The SMILES string of the molecule is CCCCCC1CCC(c2ccc(-c3ccc(Br)cc3F)cc2)CC1. The molecule has 0 aromatic heterocycles. The van der Waals surface area contributed by atoms with Gasteiger partial charge in [0.15, 0.2) is 0 Å². The van der Waals surface area contributed by atoms with Crippen LogP contribution >= 0.6 is 15.9 Å². The first kappa shape index (κ1) is 18.6. The fourth-order valence-electron chi connectivity index (χ4n) is 4.13. The lowest BCUT2D eigenvalue weighted by Gasteiger charge is -2.29. The zero-order chi connectivity index (χ0) is 17.6. The van der Waals surface area contributed by atoms with Crippen molar-refractivity contribution in [1.82, 2.24) is 0 Å². The minimum absolute atomic E-state index is 0.172.